The van der Waals surface area contributed by atoms with Gasteiger partial charge in [0.15, 0.2) is 0 Å². The van der Waals surface area contributed by atoms with Crippen LogP contribution in [-0.4, -0.2) is 0 Å². The van der Waals surface area contributed by atoms with Gasteiger partial charge in [-0.15, -0.1) is 0 Å². The Morgan fingerprint density at radius 1 is 1.20 bits per heavy atom. The largest absolute Gasteiger partial charge is 0.0850 e. The maximum Gasteiger partial charge on any atom is -0.0105 e. The van der Waals surface area contributed by atoms with E-state index in [9.17, 15) is 0 Å². The second-order valence-electron chi connectivity index (χ2n) is 5.32. The van der Waals surface area contributed by atoms with Crippen molar-refractivity contribution in [1.29, 1.82) is 0 Å². The molecule has 0 aromatic heterocycles. The predicted octanol–water partition coefficient (Wildman–Crippen LogP) is 4.65. The molecule has 0 aromatic carbocycles. The molecule has 0 spiro atoms. The molecule has 2 unspecified atom stereocenters. The standard InChI is InChI=1S/C15H22/c1-12-5-3-7-14(9-12)11-15-8-4-6-13(2)10-15/h3,5,7-8,12-13H,4,6,9-11H2,1-2H3. The molecule has 0 saturated carbocycles. The van der Waals surface area contributed by atoms with Gasteiger partial charge in [0, 0.05) is 0 Å². The SMILES string of the molecule is CC1C=CC=C(CC2=CCCC(C)C2)C1. The fourth-order valence-electron chi connectivity index (χ4n) is 2.70. The molecule has 2 aliphatic carbocycles. The van der Waals surface area contributed by atoms with E-state index in [1.165, 1.54) is 32.1 Å². The average Bonchev–Trinajstić information content (AvgIpc) is 2.17. The molecule has 15 heavy (non-hydrogen) atoms. The van der Waals surface area contributed by atoms with Crippen molar-refractivity contribution in [2.75, 3.05) is 0 Å². The van der Waals surface area contributed by atoms with Crippen LogP contribution in [0, 0.1) is 11.8 Å². The Bertz CT molecular complexity index is 304. The van der Waals surface area contributed by atoms with Gasteiger partial charge in [0.1, 0.15) is 0 Å². The highest BCUT2D eigenvalue weighted by Gasteiger charge is 2.13. The lowest BCUT2D eigenvalue weighted by Crippen LogP contribution is -2.05. The third-order valence-electron chi connectivity index (χ3n) is 3.51. The fraction of sp³-hybridized carbons (Fsp3) is 0.600. The quantitative estimate of drug-likeness (QED) is 0.572. The summed E-state index contributed by atoms with van der Waals surface area (Å²) in [5.41, 5.74) is 3.31. The molecule has 82 valence electrons. The first kappa shape index (κ1) is 10.7. The van der Waals surface area contributed by atoms with Crippen LogP contribution in [0.5, 0.6) is 0 Å². The number of hydrogen-bond acceptors (Lipinski definition) is 0. The maximum atomic E-state index is 2.48. The third-order valence-corrected chi connectivity index (χ3v) is 3.51. The molecule has 0 radical (unpaired) electrons. The first-order valence-electron chi connectivity index (χ1n) is 6.28. The molecule has 0 bridgehead atoms. The topological polar surface area (TPSA) is 0 Å². The van der Waals surface area contributed by atoms with Gasteiger partial charge >= 0.3 is 0 Å². The third kappa shape index (κ3) is 3.09. The molecule has 0 saturated heterocycles. The summed E-state index contributed by atoms with van der Waals surface area (Å²) in [5, 5.41) is 0. The molecule has 0 nitrogen and oxygen atoms in total. The van der Waals surface area contributed by atoms with Crippen molar-refractivity contribution in [3.05, 3.63) is 35.5 Å². The Kier molecular flexibility index (Phi) is 3.45. The van der Waals surface area contributed by atoms with Gasteiger partial charge in [-0.3, -0.25) is 0 Å². The van der Waals surface area contributed by atoms with Crippen LogP contribution in [0.2, 0.25) is 0 Å². The molecular weight excluding hydrogens is 180 g/mol. The molecule has 0 fully saturated rings. The summed E-state index contributed by atoms with van der Waals surface area (Å²) < 4.78 is 0. The lowest BCUT2D eigenvalue weighted by atomic mass is 9.84. The molecule has 0 aliphatic heterocycles. The summed E-state index contributed by atoms with van der Waals surface area (Å²) in [6.07, 6.45) is 15.9. The minimum atomic E-state index is 0.742. The van der Waals surface area contributed by atoms with Crippen molar-refractivity contribution in [2.45, 2.75) is 46.0 Å². The molecular formula is C15H22. The number of hydrogen-bond donors (Lipinski definition) is 0. The Labute approximate surface area is 93.8 Å². The molecule has 2 rings (SSSR count). The van der Waals surface area contributed by atoms with E-state index in [4.69, 9.17) is 0 Å². The van der Waals surface area contributed by atoms with Gasteiger partial charge in [0.25, 0.3) is 0 Å². The normalized spacial score (nSPS) is 31.1. The van der Waals surface area contributed by atoms with Crippen LogP contribution in [0.1, 0.15) is 46.0 Å². The van der Waals surface area contributed by atoms with E-state index < -0.39 is 0 Å². The second-order valence-corrected chi connectivity index (χ2v) is 5.32. The smallest absolute Gasteiger partial charge is 0.0105 e. The van der Waals surface area contributed by atoms with Crippen LogP contribution >= 0.6 is 0 Å². The lowest BCUT2D eigenvalue weighted by Gasteiger charge is -2.21. The van der Waals surface area contributed by atoms with Gasteiger partial charge in [-0.25, -0.2) is 0 Å². The molecule has 2 aliphatic rings. The lowest BCUT2D eigenvalue weighted by molar-refractivity contribution is 0.501. The van der Waals surface area contributed by atoms with Gasteiger partial charge in [0.05, 0.1) is 0 Å². The molecule has 2 atom stereocenters. The predicted molar refractivity (Wildman–Crippen MR) is 66.7 cm³/mol. The summed E-state index contributed by atoms with van der Waals surface area (Å²) in [6, 6.07) is 0. The molecule has 0 amide bonds. The van der Waals surface area contributed by atoms with Crippen LogP contribution in [-0.2, 0) is 0 Å². The Morgan fingerprint density at radius 3 is 2.80 bits per heavy atom. The highest BCUT2D eigenvalue weighted by Crippen LogP contribution is 2.30. The summed E-state index contributed by atoms with van der Waals surface area (Å²) in [6.45, 7) is 4.69. The van der Waals surface area contributed by atoms with Gasteiger partial charge in [-0.05, 0) is 43.9 Å². The minimum Gasteiger partial charge on any atom is -0.0850 e. The highest BCUT2D eigenvalue weighted by molar-refractivity contribution is 5.25. The zero-order valence-electron chi connectivity index (χ0n) is 10.00. The Morgan fingerprint density at radius 2 is 2.07 bits per heavy atom. The molecule has 0 heterocycles. The van der Waals surface area contributed by atoms with Crippen molar-refractivity contribution in [3.63, 3.8) is 0 Å². The van der Waals surface area contributed by atoms with Crippen LogP contribution in [0.15, 0.2) is 35.5 Å². The Balaban J connectivity index is 1.94. The summed E-state index contributed by atoms with van der Waals surface area (Å²) in [7, 11) is 0. The van der Waals surface area contributed by atoms with Crippen molar-refractivity contribution < 1.29 is 0 Å². The minimum absolute atomic E-state index is 0.742. The zero-order valence-corrected chi connectivity index (χ0v) is 10.00. The summed E-state index contributed by atoms with van der Waals surface area (Å²) in [5.74, 6) is 1.65. The van der Waals surface area contributed by atoms with E-state index in [1.807, 2.05) is 0 Å². The highest BCUT2D eigenvalue weighted by atomic mass is 14.2. The van der Waals surface area contributed by atoms with E-state index in [2.05, 4.69) is 38.2 Å². The average molecular weight is 202 g/mol. The van der Waals surface area contributed by atoms with Crippen LogP contribution < -0.4 is 0 Å². The summed E-state index contributed by atoms with van der Waals surface area (Å²) >= 11 is 0. The second kappa shape index (κ2) is 4.83. The number of rotatable bonds is 2. The molecule has 0 heteroatoms. The fourth-order valence-corrected chi connectivity index (χ4v) is 2.70. The van der Waals surface area contributed by atoms with Crippen LogP contribution in [0.25, 0.3) is 0 Å². The van der Waals surface area contributed by atoms with Gasteiger partial charge in [0.2, 0.25) is 0 Å². The monoisotopic (exact) mass is 202 g/mol. The van der Waals surface area contributed by atoms with E-state index in [0.29, 0.717) is 0 Å². The van der Waals surface area contributed by atoms with Crippen molar-refractivity contribution in [2.24, 2.45) is 11.8 Å². The first-order chi connectivity index (χ1) is 7.24. The van der Waals surface area contributed by atoms with Crippen molar-refractivity contribution in [1.82, 2.24) is 0 Å². The van der Waals surface area contributed by atoms with Crippen LogP contribution in [0.3, 0.4) is 0 Å². The molecule has 0 N–H and O–H groups in total. The van der Waals surface area contributed by atoms with Gasteiger partial charge in [-0.2, -0.15) is 0 Å². The summed E-state index contributed by atoms with van der Waals surface area (Å²) in [4.78, 5) is 0. The van der Waals surface area contributed by atoms with Gasteiger partial charge in [-0.1, -0.05) is 49.3 Å². The van der Waals surface area contributed by atoms with E-state index in [0.717, 1.165) is 11.8 Å². The maximum absolute atomic E-state index is 2.48. The first-order valence-corrected chi connectivity index (χ1v) is 6.28. The Hall–Kier alpha value is -0.780. The molecule has 0 aromatic rings. The van der Waals surface area contributed by atoms with Gasteiger partial charge < -0.3 is 0 Å². The van der Waals surface area contributed by atoms with E-state index in [1.54, 1.807) is 11.1 Å². The zero-order chi connectivity index (χ0) is 10.7. The van der Waals surface area contributed by atoms with Crippen LogP contribution in [0.4, 0.5) is 0 Å². The van der Waals surface area contributed by atoms with E-state index in [-0.39, 0.29) is 0 Å². The number of allylic oxidation sites excluding steroid dienone is 6. The van der Waals surface area contributed by atoms with Crippen molar-refractivity contribution >= 4 is 0 Å². The van der Waals surface area contributed by atoms with Crippen molar-refractivity contribution in [3.8, 4) is 0 Å². The van der Waals surface area contributed by atoms with E-state index >= 15 is 0 Å².